The number of ether oxygens (including phenoxy) is 1. The number of nitrogens with one attached hydrogen (secondary N) is 2. The van der Waals surface area contributed by atoms with Gasteiger partial charge in [-0.1, -0.05) is 18.2 Å². The summed E-state index contributed by atoms with van der Waals surface area (Å²) in [5, 5.41) is 2.98. The van der Waals surface area contributed by atoms with E-state index in [9.17, 15) is 14.4 Å². The third-order valence-corrected chi connectivity index (χ3v) is 8.40. The summed E-state index contributed by atoms with van der Waals surface area (Å²) in [4.78, 5) is 42.5. The lowest BCUT2D eigenvalue weighted by atomic mass is 9.91. The van der Waals surface area contributed by atoms with Crippen molar-refractivity contribution in [1.82, 2.24) is 4.98 Å². The van der Waals surface area contributed by atoms with E-state index in [2.05, 4.69) is 44.9 Å². The van der Waals surface area contributed by atoms with Crippen molar-refractivity contribution >= 4 is 52.6 Å². The van der Waals surface area contributed by atoms with E-state index in [0.717, 1.165) is 58.9 Å². The summed E-state index contributed by atoms with van der Waals surface area (Å²) in [6, 6.07) is 14.5. The number of rotatable bonds is 7. The quantitative estimate of drug-likeness (QED) is 0.236. The van der Waals surface area contributed by atoms with Crippen LogP contribution < -0.4 is 9.62 Å². The highest BCUT2D eigenvalue weighted by molar-refractivity contribution is 8.00. The van der Waals surface area contributed by atoms with Crippen molar-refractivity contribution in [3.63, 3.8) is 0 Å². The Labute approximate surface area is 225 Å². The van der Waals surface area contributed by atoms with Crippen molar-refractivity contribution in [2.24, 2.45) is 0 Å². The van der Waals surface area contributed by atoms with Crippen LogP contribution in [0.2, 0.25) is 0 Å². The van der Waals surface area contributed by atoms with Gasteiger partial charge in [-0.2, -0.15) is 0 Å². The van der Waals surface area contributed by atoms with Crippen LogP contribution in [0.1, 0.15) is 64.6 Å². The SMILES string of the molecule is CCOC(=O)CCc1c(/C=C2\C(=O)Nc3ccc(SN4CCc5ccccc54)cc32)[nH]c2c1C(=O)CCC2. The number of nitrogens with zero attached hydrogens (tertiary/aromatic N) is 1. The molecule has 7 nitrogen and oxygen atoms in total. The summed E-state index contributed by atoms with van der Waals surface area (Å²) in [5.74, 6) is -0.380. The first-order chi connectivity index (χ1) is 18.5. The minimum atomic E-state index is -0.293. The number of fused-ring (bicyclic) bond motifs is 3. The van der Waals surface area contributed by atoms with E-state index in [4.69, 9.17) is 4.74 Å². The Morgan fingerprint density at radius 2 is 2.00 bits per heavy atom. The molecule has 2 aliphatic heterocycles. The fraction of sp³-hybridized carbons (Fsp3) is 0.300. The van der Waals surface area contributed by atoms with E-state index >= 15 is 0 Å². The first-order valence-corrected chi connectivity index (χ1v) is 13.9. The number of aromatic nitrogens is 1. The minimum absolute atomic E-state index is 0.0897. The molecule has 0 fully saturated rings. The monoisotopic (exact) mass is 527 g/mol. The second-order valence-corrected chi connectivity index (χ2v) is 10.8. The maximum Gasteiger partial charge on any atom is 0.306 e. The molecule has 0 unspecified atom stereocenters. The van der Waals surface area contributed by atoms with Crippen LogP contribution in [0, 0.1) is 0 Å². The molecule has 0 bridgehead atoms. The standard InChI is InChI=1S/C30H29N3O4S/c1-2-37-28(35)13-11-20-25(31-24-7-5-9-27(34)29(20)24)17-22-21-16-19(10-12-23(21)32-30(22)36)38-33-15-14-18-6-3-4-8-26(18)33/h3-4,6,8,10,12,16-17,31H,2,5,7,9,11,13-15H2,1H3,(H,32,36)/b22-17-. The number of ketones is 1. The molecule has 2 N–H and O–H groups in total. The summed E-state index contributed by atoms with van der Waals surface area (Å²) in [6.45, 7) is 3.04. The third kappa shape index (κ3) is 4.53. The number of Topliss-reactive ketones (excluding diaryl/α,β-unsaturated/α-hetero) is 1. The molecule has 0 saturated carbocycles. The molecule has 0 spiro atoms. The van der Waals surface area contributed by atoms with E-state index in [1.165, 1.54) is 11.3 Å². The van der Waals surface area contributed by atoms with Gasteiger partial charge in [-0.15, -0.1) is 0 Å². The fourth-order valence-corrected chi connectivity index (χ4v) is 6.59. The van der Waals surface area contributed by atoms with Crippen molar-refractivity contribution in [3.8, 4) is 0 Å². The van der Waals surface area contributed by atoms with Gasteiger partial charge in [0, 0.05) is 52.5 Å². The van der Waals surface area contributed by atoms with Crippen molar-refractivity contribution in [1.29, 1.82) is 0 Å². The Morgan fingerprint density at radius 3 is 2.87 bits per heavy atom. The normalized spacial score (nSPS) is 16.9. The lowest BCUT2D eigenvalue weighted by Gasteiger charge is -2.18. The highest BCUT2D eigenvalue weighted by Gasteiger charge is 2.29. The summed E-state index contributed by atoms with van der Waals surface area (Å²) in [6.07, 6.45) is 5.49. The average Bonchev–Trinajstić information content (AvgIpc) is 3.57. The van der Waals surface area contributed by atoms with Gasteiger partial charge in [0.25, 0.3) is 5.91 Å². The van der Waals surface area contributed by atoms with E-state index < -0.39 is 0 Å². The number of carbonyl (C=O) groups excluding carboxylic acids is 3. The number of hydrogen-bond acceptors (Lipinski definition) is 6. The number of esters is 1. The van der Waals surface area contributed by atoms with E-state index in [-0.39, 0.29) is 24.1 Å². The average molecular weight is 528 g/mol. The number of para-hydroxylation sites is 1. The molecule has 6 rings (SSSR count). The first-order valence-electron chi connectivity index (χ1n) is 13.1. The second kappa shape index (κ2) is 10.2. The van der Waals surface area contributed by atoms with Crippen LogP contribution in [0.3, 0.4) is 0 Å². The third-order valence-electron chi connectivity index (χ3n) is 7.33. The molecule has 2 aromatic carbocycles. The summed E-state index contributed by atoms with van der Waals surface area (Å²) in [7, 11) is 0. The number of amides is 1. The van der Waals surface area contributed by atoms with Crippen molar-refractivity contribution in [2.45, 2.75) is 50.3 Å². The summed E-state index contributed by atoms with van der Waals surface area (Å²) in [5.41, 5.74) is 7.83. The number of H-pyrrole nitrogens is 1. The van der Waals surface area contributed by atoms with Crippen LogP contribution in [0.25, 0.3) is 11.6 Å². The fourth-order valence-electron chi connectivity index (χ4n) is 5.58. The number of aryl methyl sites for hydroxylation is 1. The maximum atomic E-state index is 13.1. The Kier molecular flexibility index (Phi) is 6.57. The molecule has 3 aromatic rings. The number of carbonyl (C=O) groups is 3. The van der Waals surface area contributed by atoms with Gasteiger partial charge in [-0.3, -0.25) is 14.4 Å². The molecule has 3 aliphatic rings. The van der Waals surface area contributed by atoms with Crippen molar-refractivity contribution in [3.05, 3.63) is 76.1 Å². The van der Waals surface area contributed by atoms with Gasteiger partial charge >= 0.3 is 5.97 Å². The molecule has 38 heavy (non-hydrogen) atoms. The molecule has 3 heterocycles. The smallest absolute Gasteiger partial charge is 0.306 e. The molecule has 0 atom stereocenters. The Hall–Kier alpha value is -3.78. The Balaban J connectivity index is 1.34. The lowest BCUT2D eigenvalue weighted by Crippen LogP contribution is -2.12. The second-order valence-electron chi connectivity index (χ2n) is 9.74. The van der Waals surface area contributed by atoms with Crippen LogP contribution in [0.15, 0.2) is 47.4 Å². The summed E-state index contributed by atoms with van der Waals surface area (Å²) >= 11 is 1.67. The largest absolute Gasteiger partial charge is 0.466 e. The van der Waals surface area contributed by atoms with Gasteiger partial charge < -0.3 is 19.3 Å². The van der Waals surface area contributed by atoms with E-state index in [1.807, 2.05) is 18.2 Å². The maximum absolute atomic E-state index is 13.1. The van der Waals surface area contributed by atoms with Crippen molar-refractivity contribution in [2.75, 3.05) is 22.8 Å². The van der Waals surface area contributed by atoms with E-state index in [1.54, 1.807) is 18.9 Å². The van der Waals surface area contributed by atoms with Crippen LogP contribution in [0.5, 0.6) is 0 Å². The molecular weight excluding hydrogens is 498 g/mol. The lowest BCUT2D eigenvalue weighted by molar-refractivity contribution is -0.143. The molecule has 0 radical (unpaired) electrons. The molecule has 194 valence electrons. The Bertz CT molecular complexity index is 1490. The predicted molar refractivity (Wildman–Crippen MR) is 149 cm³/mol. The molecule has 1 amide bonds. The number of hydrogen-bond donors (Lipinski definition) is 2. The molecule has 8 heteroatoms. The van der Waals surface area contributed by atoms with Gasteiger partial charge in [-0.05, 0) is 86.0 Å². The van der Waals surface area contributed by atoms with Crippen LogP contribution >= 0.6 is 11.9 Å². The molecule has 0 saturated heterocycles. The first kappa shape index (κ1) is 24.6. The van der Waals surface area contributed by atoms with E-state index in [0.29, 0.717) is 30.6 Å². The number of anilines is 2. The summed E-state index contributed by atoms with van der Waals surface area (Å²) < 4.78 is 7.41. The van der Waals surface area contributed by atoms with Crippen LogP contribution in [-0.4, -0.2) is 35.8 Å². The highest BCUT2D eigenvalue weighted by atomic mass is 32.2. The number of benzene rings is 2. The number of aromatic amines is 1. The van der Waals surface area contributed by atoms with Gasteiger partial charge in [0.1, 0.15) is 0 Å². The Morgan fingerprint density at radius 1 is 1.13 bits per heavy atom. The highest BCUT2D eigenvalue weighted by Crippen LogP contribution is 2.41. The zero-order valence-electron chi connectivity index (χ0n) is 21.3. The van der Waals surface area contributed by atoms with Crippen LogP contribution in [-0.2, 0) is 33.6 Å². The minimum Gasteiger partial charge on any atom is -0.466 e. The van der Waals surface area contributed by atoms with Crippen LogP contribution in [0.4, 0.5) is 11.4 Å². The zero-order chi connectivity index (χ0) is 26.2. The zero-order valence-corrected chi connectivity index (χ0v) is 22.1. The van der Waals surface area contributed by atoms with Gasteiger partial charge in [0.2, 0.25) is 0 Å². The molecule has 1 aromatic heterocycles. The van der Waals surface area contributed by atoms with Gasteiger partial charge in [0.05, 0.1) is 17.9 Å². The topological polar surface area (TPSA) is 91.5 Å². The molecular formula is C30H29N3O4S. The van der Waals surface area contributed by atoms with Gasteiger partial charge in [-0.25, -0.2) is 0 Å². The van der Waals surface area contributed by atoms with Crippen molar-refractivity contribution < 1.29 is 19.1 Å². The predicted octanol–water partition coefficient (Wildman–Crippen LogP) is 5.59. The molecule has 1 aliphatic carbocycles. The van der Waals surface area contributed by atoms with Gasteiger partial charge in [0.15, 0.2) is 5.78 Å².